The number of halogens is 1. The molecule has 0 amide bonds. The highest BCUT2D eigenvalue weighted by Crippen LogP contribution is 2.22. The summed E-state index contributed by atoms with van der Waals surface area (Å²) in [5.74, 6) is 5.33. The van der Waals surface area contributed by atoms with E-state index in [2.05, 4.69) is 11.8 Å². The number of hydrogen-bond acceptors (Lipinski definition) is 2. The van der Waals surface area contributed by atoms with E-state index in [-0.39, 0.29) is 0 Å². The Labute approximate surface area is 83.6 Å². The molecule has 2 N–H and O–H groups in total. The van der Waals surface area contributed by atoms with Crippen LogP contribution in [0, 0.1) is 6.92 Å². The Morgan fingerprint density at radius 3 is 2.77 bits per heavy atom. The Kier molecular flexibility index (Phi) is 3.72. The first-order valence-corrected chi connectivity index (χ1v) is 4.60. The van der Waals surface area contributed by atoms with Crippen molar-refractivity contribution in [2.75, 3.05) is 6.61 Å². The van der Waals surface area contributed by atoms with Crippen molar-refractivity contribution in [3.63, 3.8) is 0 Å². The smallest absolute Gasteiger partial charge is 0.0745 e. The molecule has 0 aliphatic heterocycles. The van der Waals surface area contributed by atoms with E-state index < -0.39 is 0 Å². The Morgan fingerprint density at radius 2 is 2.23 bits per heavy atom. The van der Waals surface area contributed by atoms with E-state index in [0.29, 0.717) is 12.5 Å². The van der Waals surface area contributed by atoms with Gasteiger partial charge in [0.05, 0.1) is 6.61 Å². The van der Waals surface area contributed by atoms with Crippen LogP contribution >= 0.6 is 11.6 Å². The van der Waals surface area contributed by atoms with Crippen LogP contribution in [-0.2, 0) is 4.84 Å². The molecule has 1 unspecified atom stereocenters. The maximum atomic E-state index is 5.84. The Balaban J connectivity index is 2.88. The minimum absolute atomic E-state index is 0.308. The molecule has 0 fully saturated rings. The van der Waals surface area contributed by atoms with Crippen LogP contribution in [0.25, 0.3) is 0 Å². The molecule has 2 nitrogen and oxygen atoms in total. The van der Waals surface area contributed by atoms with Gasteiger partial charge < -0.3 is 4.84 Å². The van der Waals surface area contributed by atoms with Crippen LogP contribution in [0.2, 0.25) is 5.02 Å². The fourth-order valence-electron chi connectivity index (χ4n) is 1.43. The van der Waals surface area contributed by atoms with E-state index in [1.54, 1.807) is 0 Å². The molecular formula is C10H14ClNO. The van der Waals surface area contributed by atoms with Gasteiger partial charge in [0.1, 0.15) is 0 Å². The van der Waals surface area contributed by atoms with Crippen LogP contribution in [0.1, 0.15) is 24.0 Å². The van der Waals surface area contributed by atoms with Crippen molar-refractivity contribution in [2.45, 2.75) is 19.8 Å². The first-order valence-electron chi connectivity index (χ1n) is 4.23. The third-order valence-electron chi connectivity index (χ3n) is 2.11. The molecule has 0 radical (unpaired) electrons. The molecule has 0 aliphatic carbocycles. The summed E-state index contributed by atoms with van der Waals surface area (Å²) >= 11 is 5.84. The summed E-state index contributed by atoms with van der Waals surface area (Å²) in [5.41, 5.74) is 2.41. The lowest BCUT2D eigenvalue weighted by atomic mass is 9.97. The summed E-state index contributed by atoms with van der Waals surface area (Å²) in [6.45, 7) is 4.64. The van der Waals surface area contributed by atoms with Crippen LogP contribution in [-0.4, -0.2) is 6.61 Å². The normalized spacial score (nSPS) is 12.9. The van der Waals surface area contributed by atoms with Crippen molar-refractivity contribution in [3.05, 3.63) is 34.3 Å². The van der Waals surface area contributed by atoms with E-state index in [9.17, 15) is 0 Å². The van der Waals surface area contributed by atoms with Crippen LogP contribution in [0.5, 0.6) is 0 Å². The molecule has 1 atom stereocenters. The first-order chi connectivity index (χ1) is 6.15. The number of aryl methyl sites for hydroxylation is 1. The molecule has 0 spiro atoms. The molecule has 1 aromatic rings. The molecule has 1 rings (SSSR count). The second-order valence-electron chi connectivity index (χ2n) is 3.24. The Bertz CT molecular complexity index is 288. The molecule has 0 heterocycles. The van der Waals surface area contributed by atoms with Gasteiger partial charge in [0.25, 0.3) is 0 Å². The molecule has 1 aromatic carbocycles. The zero-order valence-corrected chi connectivity index (χ0v) is 8.64. The van der Waals surface area contributed by atoms with Crippen LogP contribution in [0.15, 0.2) is 18.2 Å². The van der Waals surface area contributed by atoms with Crippen LogP contribution < -0.4 is 5.90 Å². The Morgan fingerprint density at radius 1 is 1.54 bits per heavy atom. The SMILES string of the molecule is Cc1cc(Cl)ccc1C(C)CON. The van der Waals surface area contributed by atoms with E-state index >= 15 is 0 Å². The third-order valence-corrected chi connectivity index (χ3v) is 2.34. The zero-order chi connectivity index (χ0) is 9.84. The highest BCUT2D eigenvalue weighted by Gasteiger charge is 2.08. The molecule has 0 saturated heterocycles. The van der Waals surface area contributed by atoms with Crippen molar-refractivity contribution >= 4 is 11.6 Å². The molecule has 13 heavy (non-hydrogen) atoms. The molecule has 0 bridgehead atoms. The predicted molar refractivity (Wildman–Crippen MR) is 54.7 cm³/mol. The maximum Gasteiger partial charge on any atom is 0.0745 e. The second kappa shape index (κ2) is 4.61. The third kappa shape index (κ3) is 2.69. The van der Waals surface area contributed by atoms with Crippen molar-refractivity contribution in [3.8, 4) is 0 Å². The van der Waals surface area contributed by atoms with Crippen molar-refractivity contribution in [1.82, 2.24) is 0 Å². The molecule has 72 valence electrons. The van der Waals surface area contributed by atoms with Crippen molar-refractivity contribution < 1.29 is 4.84 Å². The number of nitrogens with two attached hydrogens (primary N) is 1. The van der Waals surface area contributed by atoms with Crippen molar-refractivity contribution in [1.29, 1.82) is 0 Å². The summed E-state index contributed by atoms with van der Waals surface area (Å²) in [6.07, 6.45) is 0. The fraction of sp³-hybridized carbons (Fsp3) is 0.400. The van der Waals surface area contributed by atoms with Crippen LogP contribution in [0.3, 0.4) is 0 Å². The minimum Gasteiger partial charge on any atom is -0.304 e. The largest absolute Gasteiger partial charge is 0.304 e. The average molecular weight is 200 g/mol. The standard InChI is InChI=1S/C10H14ClNO/c1-7-5-9(11)3-4-10(7)8(2)6-13-12/h3-5,8H,6,12H2,1-2H3. The lowest BCUT2D eigenvalue weighted by Gasteiger charge is -2.13. The molecular weight excluding hydrogens is 186 g/mol. The summed E-state index contributed by atoms with van der Waals surface area (Å²) in [4.78, 5) is 4.61. The van der Waals surface area contributed by atoms with Gasteiger partial charge in [-0.15, -0.1) is 0 Å². The van der Waals surface area contributed by atoms with Gasteiger partial charge in [0, 0.05) is 10.9 Å². The fourth-order valence-corrected chi connectivity index (χ4v) is 1.65. The van der Waals surface area contributed by atoms with Gasteiger partial charge in [-0.3, -0.25) is 0 Å². The molecule has 0 aliphatic rings. The summed E-state index contributed by atoms with van der Waals surface area (Å²) < 4.78 is 0. The van der Waals surface area contributed by atoms with Crippen molar-refractivity contribution in [2.24, 2.45) is 5.90 Å². The molecule has 0 saturated carbocycles. The van der Waals surface area contributed by atoms with Gasteiger partial charge in [0.2, 0.25) is 0 Å². The number of rotatable bonds is 3. The lowest BCUT2D eigenvalue weighted by molar-refractivity contribution is 0.126. The van der Waals surface area contributed by atoms with Crippen LogP contribution in [0.4, 0.5) is 0 Å². The molecule has 0 aromatic heterocycles. The quantitative estimate of drug-likeness (QED) is 0.760. The summed E-state index contributed by atoms with van der Waals surface area (Å²) in [6, 6.07) is 5.85. The van der Waals surface area contributed by atoms with Gasteiger partial charge in [-0.05, 0) is 30.2 Å². The van der Waals surface area contributed by atoms with Gasteiger partial charge >= 0.3 is 0 Å². The highest BCUT2D eigenvalue weighted by molar-refractivity contribution is 6.30. The minimum atomic E-state index is 0.308. The van der Waals surface area contributed by atoms with Gasteiger partial charge in [0.15, 0.2) is 0 Å². The number of benzene rings is 1. The second-order valence-corrected chi connectivity index (χ2v) is 3.67. The molecule has 3 heteroatoms. The van der Waals surface area contributed by atoms with Gasteiger partial charge in [-0.25, -0.2) is 5.90 Å². The van der Waals surface area contributed by atoms with Gasteiger partial charge in [-0.2, -0.15) is 0 Å². The highest BCUT2D eigenvalue weighted by atomic mass is 35.5. The van der Waals surface area contributed by atoms with E-state index in [4.69, 9.17) is 17.5 Å². The Hall–Kier alpha value is -0.570. The topological polar surface area (TPSA) is 35.2 Å². The van der Waals surface area contributed by atoms with E-state index in [1.165, 1.54) is 11.1 Å². The monoisotopic (exact) mass is 199 g/mol. The lowest BCUT2D eigenvalue weighted by Crippen LogP contribution is -2.09. The maximum absolute atomic E-state index is 5.84. The predicted octanol–water partition coefficient (Wildman–Crippen LogP) is 2.64. The first kappa shape index (κ1) is 10.5. The zero-order valence-electron chi connectivity index (χ0n) is 7.88. The van der Waals surface area contributed by atoms with E-state index in [1.807, 2.05) is 25.1 Å². The summed E-state index contributed by atoms with van der Waals surface area (Å²) in [7, 11) is 0. The average Bonchev–Trinajstić information content (AvgIpc) is 2.04. The van der Waals surface area contributed by atoms with Gasteiger partial charge in [-0.1, -0.05) is 24.6 Å². The number of hydrogen-bond donors (Lipinski definition) is 1. The summed E-state index contributed by atoms with van der Waals surface area (Å²) in [5, 5.41) is 0.766. The van der Waals surface area contributed by atoms with E-state index in [0.717, 1.165) is 5.02 Å².